The number of carbonyl (C=O) groups excluding carboxylic acids is 2. The highest BCUT2D eigenvalue weighted by Gasteiger charge is 2.30. The predicted molar refractivity (Wildman–Crippen MR) is 79.6 cm³/mol. The Morgan fingerprint density at radius 3 is 2.71 bits per heavy atom. The number of carbonyl (C=O) groups is 2. The fourth-order valence-electron chi connectivity index (χ4n) is 2.34. The Hall–Kier alpha value is -1.88. The molecule has 114 valence electrons. The number of benzene rings is 1. The lowest BCUT2D eigenvalue weighted by Gasteiger charge is -2.24. The zero-order valence-corrected chi connectivity index (χ0v) is 12.4. The Morgan fingerprint density at radius 2 is 2.00 bits per heavy atom. The summed E-state index contributed by atoms with van der Waals surface area (Å²) in [6.45, 7) is 4.22. The van der Waals surface area contributed by atoms with E-state index in [4.69, 9.17) is 4.74 Å². The number of rotatable bonds is 6. The van der Waals surface area contributed by atoms with Crippen molar-refractivity contribution in [3.05, 3.63) is 35.9 Å². The van der Waals surface area contributed by atoms with Gasteiger partial charge in [0.25, 0.3) is 0 Å². The molecule has 1 fully saturated rings. The Balaban J connectivity index is 2.05. The quantitative estimate of drug-likeness (QED) is 0.808. The second-order valence-corrected chi connectivity index (χ2v) is 5.10. The highest BCUT2D eigenvalue weighted by molar-refractivity contribution is 5.90. The van der Waals surface area contributed by atoms with E-state index in [0.717, 1.165) is 12.0 Å². The molecule has 1 N–H and O–H groups in total. The Morgan fingerprint density at radius 1 is 1.24 bits per heavy atom. The second kappa shape index (κ2) is 7.78. The SMILES string of the molecule is CCCOCCN1CCC(=O)NC(c2ccccc2)C1=O. The van der Waals surface area contributed by atoms with Gasteiger partial charge in [-0.05, 0) is 12.0 Å². The molecule has 1 aromatic carbocycles. The standard InChI is InChI=1S/C16H22N2O3/c1-2-11-21-12-10-18-9-8-14(19)17-15(16(18)20)13-6-4-3-5-7-13/h3-7,15H,2,8-12H2,1H3,(H,17,19). The average Bonchev–Trinajstić information content (AvgIpc) is 2.65. The molecule has 0 radical (unpaired) electrons. The number of nitrogens with zero attached hydrogens (tertiary/aromatic N) is 1. The van der Waals surface area contributed by atoms with E-state index in [9.17, 15) is 9.59 Å². The summed E-state index contributed by atoms with van der Waals surface area (Å²) in [6.07, 6.45) is 1.30. The predicted octanol–water partition coefficient (Wildman–Crippen LogP) is 1.50. The van der Waals surface area contributed by atoms with E-state index < -0.39 is 6.04 Å². The van der Waals surface area contributed by atoms with Gasteiger partial charge in [0.2, 0.25) is 11.8 Å². The third-order valence-electron chi connectivity index (χ3n) is 3.46. The highest BCUT2D eigenvalue weighted by atomic mass is 16.5. The summed E-state index contributed by atoms with van der Waals surface area (Å²) in [5, 5.41) is 2.81. The molecule has 2 rings (SSSR count). The molecular formula is C16H22N2O3. The zero-order chi connectivity index (χ0) is 15.1. The smallest absolute Gasteiger partial charge is 0.249 e. The fraction of sp³-hybridized carbons (Fsp3) is 0.500. The van der Waals surface area contributed by atoms with Crippen LogP contribution in [0.4, 0.5) is 0 Å². The third-order valence-corrected chi connectivity index (χ3v) is 3.46. The Bertz CT molecular complexity index is 476. The number of hydrogen-bond donors (Lipinski definition) is 1. The summed E-state index contributed by atoms with van der Waals surface area (Å²) in [5.41, 5.74) is 0.817. The first kappa shape index (κ1) is 15.5. The number of amides is 2. The van der Waals surface area contributed by atoms with Crippen molar-refractivity contribution in [2.45, 2.75) is 25.8 Å². The van der Waals surface area contributed by atoms with E-state index in [0.29, 0.717) is 32.7 Å². The van der Waals surface area contributed by atoms with Crippen LogP contribution in [-0.2, 0) is 14.3 Å². The number of ether oxygens (including phenoxy) is 1. The third kappa shape index (κ3) is 4.29. The fourth-order valence-corrected chi connectivity index (χ4v) is 2.34. The van der Waals surface area contributed by atoms with Crippen LogP contribution < -0.4 is 5.32 Å². The molecule has 0 saturated carbocycles. The molecule has 1 atom stereocenters. The highest BCUT2D eigenvalue weighted by Crippen LogP contribution is 2.18. The molecule has 2 amide bonds. The van der Waals surface area contributed by atoms with Crippen molar-refractivity contribution in [1.29, 1.82) is 0 Å². The molecule has 0 aliphatic carbocycles. The van der Waals surface area contributed by atoms with Gasteiger partial charge in [-0.25, -0.2) is 0 Å². The van der Waals surface area contributed by atoms with Gasteiger partial charge in [-0.2, -0.15) is 0 Å². The van der Waals surface area contributed by atoms with Crippen LogP contribution in [0.25, 0.3) is 0 Å². The van der Waals surface area contributed by atoms with Crippen molar-refractivity contribution < 1.29 is 14.3 Å². The minimum absolute atomic E-state index is 0.0628. The molecule has 0 bridgehead atoms. The van der Waals surface area contributed by atoms with Crippen LogP contribution in [0.2, 0.25) is 0 Å². The van der Waals surface area contributed by atoms with Gasteiger partial charge in [-0.3, -0.25) is 9.59 Å². The molecule has 0 spiro atoms. The maximum atomic E-state index is 12.6. The van der Waals surface area contributed by atoms with E-state index >= 15 is 0 Å². The Kier molecular flexibility index (Phi) is 5.75. The van der Waals surface area contributed by atoms with Crippen molar-refractivity contribution in [1.82, 2.24) is 10.2 Å². The molecular weight excluding hydrogens is 268 g/mol. The van der Waals surface area contributed by atoms with E-state index in [-0.39, 0.29) is 11.8 Å². The van der Waals surface area contributed by atoms with Crippen LogP contribution in [0, 0.1) is 0 Å². The zero-order valence-electron chi connectivity index (χ0n) is 12.4. The van der Waals surface area contributed by atoms with Crippen LogP contribution in [-0.4, -0.2) is 43.0 Å². The van der Waals surface area contributed by atoms with Crippen LogP contribution in [0.5, 0.6) is 0 Å². The van der Waals surface area contributed by atoms with Crippen molar-refractivity contribution >= 4 is 11.8 Å². The van der Waals surface area contributed by atoms with Gasteiger partial charge >= 0.3 is 0 Å². The van der Waals surface area contributed by atoms with Crippen LogP contribution >= 0.6 is 0 Å². The van der Waals surface area contributed by atoms with Gasteiger partial charge in [0.1, 0.15) is 6.04 Å². The first-order valence-corrected chi connectivity index (χ1v) is 7.43. The monoisotopic (exact) mass is 290 g/mol. The molecule has 1 heterocycles. The van der Waals surface area contributed by atoms with Gasteiger partial charge in [-0.15, -0.1) is 0 Å². The first-order valence-electron chi connectivity index (χ1n) is 7.43. The lowest BCUT2D eigenvalue weighted by molar-refractivity contribution is -0.134. The average molecular weight is 290 g/mol. The molecule has 1 aliphatic rings. The molecule has 0 aromatic heterocycles. The van der Waals surface area contributed by atoms with E-state index in [2.05, 4.69) is 5.32 Å². The van der Waals surface area contributed by atoms with Gasteiger partial charge < -0.3 is 15.0 Å². The van der Waals surface area contributed by atoms with E-state index in [1.54, 1.807) is 4.90 Å². The summed E-state index contributed by atoms with van der Waals surface area (Å²) in [6, 6.07) is 8.76. The molecule has 1 saturated heterocycles. The normalized spacial score (nSPS) is 19.3. The van der Waals surface area contributed by atoms with Crippen molar-refractivity contribution in [3.8, 4) is 0 Å². The van der Waals surface area contributed by atoms with Gasteiger partial charge in [0.15, 0.2) is 0 Å². The molecule has 21 heavy (non-hydrogen) atoms. The first-order chi connectivity index (χ1) is 10.2. The summed E-state index contributed by atoms with van der Waals surface area (Å²) >= 11 is 0. The summed E-state index contributed by atoms with van der Waals surface area (Å²) in [7, 11) is 0. The van der Waals surface area contributed by atoms with E-state index in [1.165, 1.54) is 0 Å². The summed E-state index contributed by atoms with van der Waals surface area (Å²) in [4.78, 5) is 26.1. The summed E-state index contributed by atoms with van der Waals surface area (Å²) < 4.78 is 5.44. The topological polar surface area (TPSA) is 58.6 Å². The van der Waals surface area contributed by atoms with Gasteiger partial charge in [-0.1, -0.05) is 37.3 Å². The molecule has 1 aromatic rings. The molecule has 1 unspecified atom stereocenters. The minimum Gasteiger partial charge on any atom is -0.380 e. The lowest BCUT2D eigenvalue weighted by Crippen LogP contribution is -2.40. The maximum Gasteiger partial charge on any atom is 0.249 e. The van der Waals surface area contributed by atoms with Crippen LogP contribution in [0.3, 0.4) is 0 Å². The van der Waals surface area contributed by atoms with Gasteiger partial charge in [0, 0.05) is 26.1 Å². The molecule has 5 nitrogen and oxygen atoms in total. The maximum absolute atomic E-state index is 12.6. The van der Waals surface area contributed by atoms with Crippen LogP contribution in [0.1, 0.15) is 31.4 Å². The lowest BCUT2D eigenvalue weighted by atomic mass is 10.1. The second-order valence-electron chi connectivity index (χ2n) is 5.10. The largest absolute Gasteiger partial charge is 0.380 e. The number of nitrogens with one attached hydrogen (secondary N) is 1. The van der Waals surface area contributed by atoms with Crippen molar-refractivity contribution in [2.24, 2.45) is 0 Å². The van der Waals surface area contributed by atoms with Crippen LogP contribution in [0.15, 0.2) is 30.3 Å². The van der Waals surface area contributed by atoms with Gasteiger partial charge in [0.05, 0.1) is 6.61 Å². The van der Waals surface area contributed by atoms with Crippen molar-refractivity contribution in [3.63, 3.8) is 0 Å². The molecule has 5 heteroatoms. The number of hydrogen-bond acceptors (Lipinski definition) is 3. The minimum atomic E-state index is -0.590. The van der Waals surface area contributed by atoms with Crippen molar-refractivity contribution in [2.75, 3.05) is 26.3 Å². The Labute approximate surface area is 125 Å². The van der Waals surface area contributed by atoms with E-state index in [1.807, 2.05) is 37.3 Å². The summed E-state index contributed by atoms with van der Waals surface area (Å²) in [5.74, 6) is -0.152. The molecule has 1 aliphatic heterocycles.